The topological polar surface area (TPSA) is 63.7 Å². The molecule has 0 aliphatic heterocycles. The van der Waals surface area contributed by atoms with Gasteiger partial charge in [0.1, 0.15) is 11.5 Å². The number of carbonyl (C=O) groups is 1. The number of anilines is 1. The SMILES string of the molecule is COc1ccc(NC(=O)N(C2CCCCC2)C(C)c2ccncc2)c(OC)c1. The number of carbonyl (C=O) groups excluding carboxylic acids is 1. The third-order valence-corrected chi connectivity index (χ3v) is 5.46. The van der Waals surface area contributed by atoms with Crippen LogP contribution in [0.5, 0.6) is 11.5 Å². The molecule has 0 saturated heterocycles. The lowest BCUT2D eigenvalue weighted by molar-refractivity contribution is 0.139. The third-order valence-electron chi connectivity index (χ3n) is 5.46. The molecule has 2 amide bonds. The summed E-state index contributed by atoms with van der Waals surface area (Å²) in [5.74, 6) is 1.26. The molecule has 1 aromatic heterocycles. The number of hydrogen-bond acceptors (Lipinski definition) is 4. The van der Waals surface area contributed by atoms with Crippen molar-refractivity contribution in [1.29, 1.82) is 0 Å². The molecule has 28 heavy (non-hydrogen) atoms. The largest absolute Gasteiger partial charge is 0.497 e. The number of aromatic nitrogens is 1. The standard InChI is InChI=1S/C22H29N3O3/c1-16(17-11-13-23-14-12-17)25(18-7-5-4-6-8-18)22(26)24-20-10-9-19(27-2)15-21(20)28-3/h9-16,18H,4-8H2,1-3H3,(H,24,26). The molecule has 2 aromatic rings. The number of urea groups is 1. The second-order valence-electron chi connectivity index (χ2n) is 7.15. The Morgan fingerprint density at radius 3 is 2.46 bits per heavy atom. The number of methoxy groups -OCH3 is 2. The van der Waals surface area contributed by atoms with Gasteiger partial charge in [-0.25, -0.2) is 4.79 Å². The number of ether oxygens (including phenoxy) is 2. The fourth-order valence-corrected chi connectivity index (χ4v) is 3.90. The van der Waals surface area contributed by atoms with Crippen molar-refractivity contribution in [3.05, 3.63) is 48.3 Å². The van der Waals surface area contributed by atoms with Crippen LogP contribution in [0.25, 0.3) is 0 Å². The summed E-state index contributed by atoms with van der Waals surface area (Å²) in [4.78, 5) is 19.4. The zero-order valence-corrected chi connectivity index (χ0v) is 16.9. The first-order chi connectivity index (χ1) is 13.6. The minimum atomic E-state index is -0.111. The van der Waals surface area contributed by atoms with Gasteiger partial charge in [-0.1, -0.05) is 19.3 Å². The molecule has 0 radical (unpaired) electrons. The molecule has 1 atom stereocenters. The van der Waals surface area contributed by atoms with E-state index in [9.17, 15) is 4.79 Å². The van der Waals surface area contributed by atoms with Gasteiger partial charge in [-0.15, -0.1) is 0 Å². The smallest absolute Gasteiger partial charge is 0.322 e. The number of benzene rings is 1. The molecular weight excluding hydrogens is 354 g/mol. The Bertz CT molecular complexity index is 776. The van der Waals surface area contributed by atoms with Crippen LogP contribution in [-0.4, -0.2) is 36.2 Å². The summed E-state index contributed by atoms with van der Waals surface area (Å²) in [6.07, 6.45) is 9.16. The molecule has 1 fully saturated rings. The van der Waals surface area contributed by atoms with Crippen LogP contribution in [-0.2, 0) is 0 Å². The third kappa shape index (κ3) is 4.55. The summed E-state index contributed by atoms with van der Waals surface area (Å²) in [6.45, 7) is 2.08. The van der Waals surface area contributed by atoms with E-state index in [1.54, 1.807) is 32.7 Å². The molecule has 0 spiro atoms. The van der Waals surface area contributed by atoms with Crippen molar-refractivity contribution in [2.45, 2.75) is 51.1 Å². The van der Waals surface area contributed by atoms with E-state index in [4.69, 9.17) is 9.47 Å². The fourth-order valence-electron chi connectivity index (χ4n) is 3.90. The van der Waals surface area contributed by atoms with Crippen LogP contribution in [0.15, 0.2) is 42.7 Å². The van der Waals surface area contributed by atoms with E-state index in [2.05, 4.69) is 17.2 Å². The van der Waals surface area contributed by atoms with Gasteiger partial charge in [0, 0.05) is 24.5 Å². The Hall–Kier alpha value is -2.76. The van der Waals surface area contributed by atoms with Crippen LogP contribution < -0.4 is 14.8 Å². The molecule has 1 aliphatic rings. The predicted molar refractivity (Wildman–Crippen MR) is 110 cm³/mol. The highest BCUT2D eigenvalue weighted by Crippen LogP contribution is 2.33. The Kier molecular flexibility index (Phi) is 6.74. The van der Waals surface area contributed by atoms with Gasteiger partial charge < -0.3 is 19.7 Å². The van der Waals surface area contributed by atoms with Crippen molar-refractivity contribution in [3.63, 3.8) is 0 Å². The molecule has 3 rings (SSSR count). The van der Waals surface area contributed by atoms with Gasteiger partial charge >= 0.3 is 6.03 Å². The van der Waals surface area contributed by atoms with Crippen molar-refractivity contribution in [2.75, 3.05) is 19.5 Å². The van der Waals surface area contributed by atoms with Gasteiger partial charge in [0.15, 0.2) is 0 Å². The Labute approximate surface area is 166 Å². The monoisotopic (exact) mass is 383 g/mol. The lowest BCUT2D eigenvalue weighted by Crippen LogP contribution is -2.45. The van der Waals surface area contributed by atoms with Crippen molar-refractivity contribution < 1.29 is 14.3 Å². The van der Waals surface area contributed by atoms with E-state index in [0.29, 0.717) is 17.2 Å². The Morgan fingerprint density at radius 1 is 1.11 bits per heavy atom. The molecule has 1 unspecified atom stereocenters. The van der Waals surface area contributed by atoms with Crippen LogP contribution in [0, 0.1) is 0 Å². The quantitative estimate of drug-likeness (QED) is 0.760. The van der Waals surface area contributed by atoms with Gasteiger partial charge in [0.05, 0.1) is 25.9 Å². The number of amides is 2. The number of nitrogens with zero attached hydrogens (tertiary/aromatic N) is 2. The summed E-state index contributed by atoms with van der Waals surface area (Å²) < 4.78 is 10.7. The molecule has 1 N–H and O–H groups in total. The van der Waals surface area contributed by atoms with Gasteiger partial charge in [-0.2, -0.15) is 0 Å². The zero-order valence-electron chi connectivity index (χ0n) is 16.9. The lowest BCUT2D eigenvalue weighted by atomic mass is 9.92. The van der Waals surface area contributed by atoms with Gasteiger partial charge in [0.25, 0.3) is 0 Å². The molecule has 0 bridgehead atoms. The molecule has 6 heteroatoms. The maximum atomic E-state index is 13.4. The molecule has 150 valence electrons. The van der Waals surface area contributed by atoms with Crippen LogP contribution in [0.4, 0.5) is 10.5 Å². The molecule has 1 aliphatic carbocycles. The second kappa shape index (κ2) is 9.44. The van der Waals surface area contributed by atoms with E-state index >= 15 is 0 Å². The summed E-state index contributed by atoms with van der Waals surface area (Å²) >= 11 is 0. The highest BCUT2D eigenvalue weighted by Gasteiger charge is 2.30. The van der Waals surface area contributed by atoms with Crippen LogP contribution in [0.2, 0.25) is 0 Å². The minimum absolute atomic E-state index is 0.0460. The summed E-state index contributed by atoms with van der Waals surface area (Å²) in [7, 11) is 3.19. The van der Waals surface area contributed by atoms with Crippen LogP contribution >= 0.6 is 0 Å². The first kappa shape index (κ1) is 20.0. The van der Waals surface area contributed by atoms with E-state index in [0.717, 1.165) is 31.2 Å². The second-order valence-corrected chi connectivity index (χ2v) is 7.15. The maximum Gasteiger partial charge on any atom is 0.322 e. The normalized spacial score (nSPS) is 15.5. The van der Waals surface area contributed by atoms with Gasteiger partial charge in [-0.05, 0) is 49.6 Å². The fraction of sp³-hybridized carbons (Fsp3) is 0.455. The number of pyridine rings is 1. The first-order valence-corrected chi connectivity index (χ1v) is 9.85. The van der Waals surface area contributed by atoms with Gasteiger partial charge in [-0.3, -0.25) is 4.98 Å². The van der Waals surface area contributed by atoms with E-state index in [-0.39, 0.29) is 18.1 Å². The summed E-state index contributed by atoms with van der Waals surface area (Å²) in [5.41, 5.74) is 1.72. The highest BCUT2D eigenvalue weighted by atomic mass is 16.5. The van der Waals surface area contributed by atoms with Crippen molar-refractivity contribution in [1.82, 2.24) is 9.88 Å². The number of rotatable bonds is 6. The average Bonchev–Trinajstić information content (AvgIpc) is 2.75. The molecule has 6 nitrogen and oxygen atoms in total. The lowest BCUT2D eigenvalue weighted by Gasteiger charge is -2.38. The number of hydrogen-bond donors (Lipinski definition) is 1. The van der Waals surface area contributed by atoms with Crippen molar-refractivity contribution in [2.24, 2.45) is 0 Å². The highest BCUT2D eigenvalue weighted by molar-refractivity contribution is 5.91. The minimum Gasteiger partial charge on any atom is -0.497 e. The maximum absolute atomic E-state index is 13.4. The Morgan fingerprint density at radius 2 is 1.82 bits per heavy atom. The summed E-state index contributed by atoms with van der Waals surface area (Å²) in [5, 5.41) is 3.05. The molecule has 1 heterocycles. The van der Waals surface area contributed by atoms with Crippen LogP contribution in [0.1, 0.15) is 50.6 Å². The Balaban J connectivity index is 1.86. The van der Waals surface area contributed by atoms with E-state index in [1.807, 2.05) is 29.2 Å². The van der Waals surface area contributed by atoms with Gasteiger partial charge in [0.2, 0.25) is 0 Å². The van der Waals surface area contributed by atoms with E-state index < -0.39 is 0 Å². The predicted octanol–water partition coefficient (Wildman–Crippen LogP) is 5.03. The molecule has 1 saturated carbocycles. The van der Waals surface area contributed by atoms with E-state index in [1.165, 1.54) is 6.42 Å². The van der Waals surface area contributed by atoms with Crippen molar-refractivity contribution in [3.8, 4) is 11.5 Å². The first-order valence-electron chi connectivity index (χ1n) is 9.85. The van der Waals surface area contributed by atoms with Crippen LogP contribution in [0.3, 0.4) is 0 Å². The van der Waals surface area contributed by atoms with Crippen molar-refractivity contribution >= 4 is 11.7 Å². The zero-order chi connectivity index (χ0) is 19.9. The molecular formula is C22H29N3O3. The summed E-state index contributed by atoms with van der Waals surface area (Å²) in [6, 6.07) is 9.41. The average molecular weight is 383 g/mol. The molecule has 1 aromatic carbocycles. The number of nitrogens with one attached hydrogen (secondary N) is 1.